The van der Waals surface area contributed by atoms with E-state index in [1.54, 1.807) is 0 Å². The van der Waals surface area contributed by atoms with Gasteiger partial charge in [-0.1, -0.05) is 0 Å². The van der Waals surface area contributed by atoms with Crippen molar-refractivity contribution in [2.75, 3.05) is 11.5 Å². The summed E-state index contributed by atoms with van der Waals surface area (Å²) in [5.74, 6) is 1.85. The molecule has 1 aliphatic heterocycles. The van der Waals surface area contributed by atoms with Crippen LogP contribution in [0.15, 0.2) is 10.2 Å². The van der Waals surface area contributed by atoms with Crippen molar-refractivity contribution in [3.63, 3.8) is 0 Å². The molecule has 0 amide bonds. The molecule has 0 aromatic carbocycles. The molecule has 0 N–H and O–H groups in total. The summed E-state index contributed by atoms with van der Waals surface area (Å²) in [7, 11) is 1.89. The van der Waals surface area contributed by atoms with Gasteiger partial charge in [-0.3, -0.25) is 0 Å². The number of halogens is 1. The Hall–Kier alpha value is 0.1000. The van der Waals surface area contributed by atoms with Crippen LogP contribution in [0.4, 0.5) is 0 Å². The summed E-state index contributed by atoms with van der Waals surface area (Å²) in [4.78, 5) is 13.1. The fraction of sp³-hybridized carbons (Fsp3) is 0.857. The number of hydrogen-bond acceptors (Lipinski definition) is 2. The van der Waals surface area contributed by atoms with E-state index in [1.165, 1.54) is 40.1 Å². The Morgan fingerprint density at radius 1 is 1.21 bits per heavy atom. The van der Waals surface area contributed by atoms with Crippen molar-refractivity contribution in [1.82, 2.24) is 0 Å². The predicted molar refractivity (Wildman–Crippen MR) is 109 cm³/mol. The normalized spacial score (nSPS) is 43.5. The standard InChI is InChI=1S/C21H35IO2/c1-15-14-17-8-12-21(16(2)23)19(3,4)10-7-11-20(21,5)18(17)9-13-22(15)24-6/h17-18H,1,7-14H2,2-6H3/t17?,18-,20+,21?/m1/s1. The fourth-order valence-electron chi connectivity index (χ4n) is 7.11. The molecule has 0 spiro atoms. The minimum atomic E-state index is -1.45. The molecular formula is C21H35IO2. The molecule has 138 valence electrons. The Kier molecular flexibility index (Phi) is 5.01. The SMILES string of the molecule is C=C1CC2CCC3(C(C)=O)C(C)(C)CCC[C@@]3(C)[C@@H]2CCI1OC. The van der Waals surface area contributed by atoms with Gasteiger partial charge in [-0.25, -0.2) is 0 Å². The van der Waals surface area contributed by atoms with Crippen LogP contribution in [0.2, 0.25) is 0 Å². The third-order valence-electron chi connectivity index (χ3n) is 8.07. The molecular weight excluding hydrogens is 411 g/mol. The van der Waals surface area contributed by atoms with Gasteiger partial charge in [0, 0.05) is 0 Å². The van der Waals surface area contributed by atoms with Crippen molar-refractivity contribution in [3.05, 3.63) is 10.2 Å². The van der Waals surface area contributed by atoms with Crippen LogP contribution < -0.4 is 0 Å². The van der Waals surface area contributed by atoms with Gasteiger partial charge in [-0.2, -0.15) is 0 Å². The van der Waals surface area contributed by atoms with E-state index < -0.39 is 20.2 Å². The number of hydrogen-bond donors (Lipinski definition) is 0. The zero-order chi connectivity index (χ0) is 17.8. The van der Waals surface area contributed by atoms with Crippen molar-refractivity contribution in [2.24, 2.45) is 28.1 Å². The number of carbonyl (C=O) groups excluding carboxylic acids is 1. The van der Waals surface area contributed by atoms with Crippen molar-refractivity contribution < 1.29 is 7.86 Å². The van der Waals surface area contributed by atoms with E-state index in [4.69, 9.17) is 3.07 Å². The Labute approximate surface area is 156 Å². The summed E-state index contributed by atoms with van der Waals surface area (Å²) in [5, 5.41) is 0. The molecule has 3 fully saturated rings. The van der Waals surface area contributed by atoms with E-state index in [2.05, 4.69) is 27.4 Å². The number of alkyl halides is 1. The van der Waals surface area contributed by atoms with Gasteiger partial charge in [0.2, 0.25) is 0 Å². The van der Waals surface area contributed by atoms with E-state index in [9.17, 15) is 4.79 Å². The molecule has 3 aliphatic rings. The molecule has 2 saturated carbocycles. The molecule has 2 nitrogen and oxygen atoms in total. The van der Waals surface area contributed by atoms with E-state index in [0.29, 0.717) is 11.7 Å². The van der Waals surface area contributed by atoms with Gasteiger partial charge in [-0.15, -0.1) is 0 Å². The summed E-state index contributed by atoms with van der Waals surface area (Å²) in [5.41, 5.74) is 0.153. The predicted octanol–water partition coefficient (Wildman–Crippen LogP) is 6.18. The first-order valence-corrected chi connectivity index (χ1v) is 13.1. The molecule has 0 aromatic heterocycles. The third kappa shape index (κ3) is 2.47. The van der Waals surface area contributed by atoms with Crippen LogP contribution in [0.25, 0.3) is 0 Å². The zero-order valence-corrected chi connectivity index (χ0v) is 18.4. The van der Waals surface area contributed by atoms with E-state index >= 15 is 0 Å². The van der Waals surface area contributed by atoms with E-state index in [1.807, 2.05) is 14.0 Å². The Morgan fingerprint density at radius 3 is 2.54 bits per heavy atom. The summed E-state index contributed by atoms with van der Waals surface area (Å²) in [6, 6.07) is 0. The molecule has 1 saturated heterocycles. The van der Waals surface area contributed by atoms with Crippen molar-refractivity contribution in [1.29, 1.82) is 0 Å². The number of allylic oxidation sites excluding steroid dienone is 1. The van der Waals surface area contributed by atoms with Crippen LogP contribution in [-0.2, 0) is 7.86 Å². The van der Waals surface area contributed by atoms with Crippen LogP contribution in [0.3, 0.4) is 0 Å². The molecule has 3 heteroatoms. The first-order chi connectivity index (χ1) is 11.2. The van der Waals surface area contributed by atoms with Crippen LogP contribution >= 0.6 is 20.2 Å². The first-order valence-electron chi connectivity index (χ1n) is 9.59. The molecule has 0 aromatic rings. The molecule has 0 bridgehead atoms. The average Bonchev–Trinajstić information content (AvgIpc) is 2.65. The molecule has 24 heavy (non-hydrogen) atoms. The maximum atomic E-state index is 13.1. The van der Waals surface area contributed by atoms with Gasteiger partial charge in [0.25, 0.3) is 0 Å². The summed E-state index contributed by atoms with van der Waals surface area (Å²) >= 11 is -1.45. The Bertz CT molecular complexity index is 540. The first kappa shape index (κ1) is 18.9. The van der Waals surface area contributed by atoms with Crippen molar-refractivity contribution in [2.45, 2.75) is 72.6 Å². The second kappa shape index (κ2) is 6.37. The summed E-state index contributed by atoms with van der Waals surface area (Å²) < 4.78 is 8.52. The number of fused-ring (bicyclic) bond motifs is 3. The minimum absolute atomic E-state index is 0.125. The monoisotopic (exact) mass is 446 g/mol. The Balaban J connectivity index is 2.05. The molecule has 0 radical (unpaired) electrons. The quantitative estimate of drug-likeness (QED) is 0.374. The fourth-order valence-corrected chi connectivity index (χ4v) is 11.2. The molecule has 2 unspecified atom stereocenters. The average molecular weight is 446 g/mol. The molecule has 3 rings (SSSR count). The second-order valence-corrected chi connectivity index (χ2v) is 14.5. The van der Waals surface area contributed by atoms with Crippen LogP contribution in [0, 0.1) is 28.1 Å². The topological polar surface area (TPSA) is 26.3 Å². The number of carbonyl (C=O) groups is 1. The van der Waals surface area contributed by atoms with Gasteiger partial charge < -0.3 is 0 Å². The summed E-state index contributed by atoms with van der Waals surface area (Å²) in [6.45, 7) is 13.5. The third-order valence-corrected chi connectivity index (χ3v) is 12.9. The van der Waals surface area contributed by atoms with Gasteiger partial charge in [0.15, 0.2) is 0 Å². The number of Topliss-reactive ketones (excluding diaryl/α,β-unsaturated/α-hetero) is 1. The molecule has 4 atom stereocenters. The number of rotatable bonds is 2. The van der Waals surface area contributed by atoms with Crippen LogP contribution in [-0.4, -0.2) is 17.3 Å². The maximum absolute atomic E-state index is 13.1. The van der Waals surface area contributed by atoms with Gasteiger partial charge in [-0.05, 0) is 0 Å². The Morgan fingerprint density at radius 2 is 1.92 bits per heavy atom. The van der Waals surface area contributed by atoms with E-state index in [0.717, 1.165) is 18.8 Å². The number of ketones is 1. The second-order valence-electron chi connectivity index (χ2n) is 9.19. The van der Waals surface area contributed by atoms with Crippen molar-refractivity contribution >= 4 is 26.0 Å². The molecule has 1 heterocycles. The van der Waals surface area contributed by atoms with Crippen LogP contribution in [0.5, 0.6) is 0 Å². The van der Waals surface area contributed by atoms with Gasteiger partial charge in [0.1, 0.15) is 0 Å². The van der Waals surface area contributed by atoms with Gasteiger partial charge in [0.05, 0.1) is 0 Å². The van der Waals surface area contributed by atoms with Gasteiger partial charge >= 0.3 is 156 Å². The summed E-state index contributed by atoms with van der Waals surface area (Å²) in [6.07, 6.45) is 8.40. The zero-order valence-electron chi connectivity index (χ0n) is 16.2. The van der Waals surface area contributed by atoms with Crippen LogP contribution in [0.1, 0.15) is 72.6 Å². The van der Waals surface area contributed by atoms with E-state index in [-0.39, 0.29) is 16.2 Å². The van der Waals surface area contributed by atoms with Crippen molar-refractivity contribution in [3.8, 4) is 0 Å². The molecule has 2 aliphatic carbocycles.